The van der Waals surface area contributed by atoms with Gasteiger partial charge in [0, 0.05) is 19.3 Å². The van der Waals surface area contributed by atoms with Gasteiger partial charge in [-0.15, -0.1) is 0 Å². The second-order valence-corrected chi connectivity index (χ2v) is 23.1. The fourth-order valence-corrected chi connectivity index (χ4v) is 10.1. The van der Waals surface area contributed by atoms with E-state index >= 15 is 0 Å². The van der Waals surface area contributed by atoms with Crippen LogP contribution in [0.15, 0.2) is 60.8 Å². The molecule has 0 amide bonds. The highest BCUT2D eigenvalue weighted by Crippen LogP contribution is 2.18. The molecule has 0 heterocycles. The van der Waals surface area contributed by atoms with Crippen LogP contribution in [0.4, 0.5) is 0 Å². The minimum atomic E-state index is -0.790. The Morgan fingerprint density at radius 2 is 0.500 bits per heavy atom. The van der Waals surface area contributed by atoms with Crippen LogP contribution in [0.2, 0.25) is 0 Å². The van der Waals surface area contributed by atoms with Crippen LogP contribution in [-0.2, 0) is 28.6 Å². The van der Waals surface area contributed by atoms with Crippen molar-refractivity contribution in [2.24, 2.45) is 0 Å². The van der Waals surface area contributed by atoms with Crippen molar-refractivity contribution in [1.82, 2.24) is 0 Å². The maximum atomic E-state index is 12.9. The number of esters is 3. The highest BCUT2D eigenvalue weighted by Gasteiger charge is 2.19. The predicted molar refractivity (Wildman–Crippen MR) is 339 cm³/mol. The molecule has 6 nitrogen and oxygen atoms in total. The Kier molecular flexibility index (Phi) is 64.2. The number of ether oxygens (including phenoxy) is 3. The molecule has 1 atom stereocenters. The van der Waals surface area contributed by atoms with Crippen molar-refractivity contribution in [2.45, 2.75) is 367 Å². The van der Waals surface area contributed by atoms with E-state index in [9.17, 15) is 14.4 Å². The first-order valence-corrected chi connectivity index (χ1v) is 34.3. The molecule has 0 aliphatic rings. The number of unbranched alkanes of at least 4 members (excludes halogenated alkanes) is 42. The quantitative estimate of drug-likeness (QED) is 0.0261. The zero-order valence-electron chi connectivity index (χ0n) is 52.2. The van der Waals surface area contributed by atoms with Gasteiger partial charge in [0.25, 0.3) is 0 Å². The Morgan fingerprint density at radius 3 is 0.821 bits per heavy atom. The van der Waals surface area contributed by atoms with Crippen molar-refractivity contribution in [3.8, 4) is 0 Å². The number of allylic oxidation sites excluding steroid dienone is 10. The summed E-state index contributed by atoms with van der Waals surface area (Å²) in [6.45, 7) is 6.55. The fourth-order valence-electron chi connectivity index (χ4n) is 10.1. The Morgan fingerprint density at radius 1 is 0.269 bits per heavy atom. The molecule has 6 heteroatoms. The number of carbonyl (C=O) groups is 3. The van der Waals surface area contributed by atoms with Gasteiger partial charge < -0.3 is 14.2 Å². The number of carbonyl (C=O) groups excluding carboxylic acids is 3. The molecular weight excluding hydrogens is 961 g/mol. The monoisotopic (exact) mass is 1090 g/mol. The Balaban J connectivity index is 4.27. The molecule has 78 heavy (non-hydrogen) atoms. The van der Waals surface area contributed by atoms with Crippen LogP contribution >= 0.6 is 0 Å². The normalized spacial score (nSPS) is 12.4. The first-order chi connectivity index (χ1) is 38.5. The summed E-state index contributed by atoms with van der Waals surface area (Å²) < 4.78 is 16.9. The summed E-state index contributed by atoms with van der Waals surface area (Å²) in [6, 6.07) is 0. The fraction of sp³-hybridized carbons (Fsp3) is 0.819. The largest absolute Gasteiger partial charge is 0.462 e. The molecule has 0 fully saturated rings. The summed E-state index contributed by atoms with van der Waals surface area (Å²) in [5, 5.41) is 0. The zero-order chi connectivity index (χ0) is 56.4. The smallest absolute Gasteiger partial charge is 0.306 e. The number of hydrogen-bond acceptors (Lipinski definition) is 6. The highest BCUT2D eigenvalue weighted by atomic mass is 16.6. The maximum Gasteiger partial charge on any atom is 0.306 e. The lowest BCUT2D eigenvalue weighted by Gasteiger charge is -2.18. The van der Waals surface area contributed by atoms with Crippen LogP contribution in [0.3, 0.4) is 0 Å². The van der Waals surface area contributed by atoms with Gasteiger partial charge in [0.1, 0.15) is 13.2 Å². The third kappa shape index (κ3) is 63.9. The minimum absolute atomic E-state index is 0.0832. The molecular formula is C72H130O6. The first kappa shape index (κ1) is 75.1. The summed E-state index contributed by atoms with van der Waals surface area (Å²) in [4.78, 5) is 38.4. The Bertz CT molecular complexity index is 1390. The summed E-state index contributed by atoms with van der Waals surface area (Å²) in [5.74, 6) is -0.904. The molecule has 0 radical (unpaired) electrons. The summed E-state index contributed by atoms with van der Waals surface area (Å²) in [5.41, 5.74) is 0. The van der Waals surface area contributed by atoms with Crippen molar-refractivity contribution >= 4 is 17.9 Å². The molecule has 0 aromatic rings. The maximum absolute atomic E-state index is 12.9. The van der Waals surface area contributed by atoms with E-state index in [0.717, 1.165) is 83.5 Å². The lowest BCUT2D eigenvalue weighted by molar-refractivity contribution is -0.167. The SMILES string of the molecule is CC/C=C\C/C=C\C/C=C\C/C=C\CCCCC(=O)OCC(COC(=O)CCCCCCCCCCCCCCCCC/C=C\CCCCCCCCCC)OC(=O)CCCCCCCCCCCCCCCCCCCC. The van der Waals surface area contributed by atoms with E-state index in [2.05, 4.69) is 81.5 Å². The molecule has 0 aromatic carbocycles. The van der Waals surface area contributed by atoms with Crippen molar-refractivity contribution in [2.75, 3.05) is 13.2 Å². The third-order valence-electron chi connectivity index (χ3n) is 15.3. The van der Waals surface area contributed by atoms with Crippen molar-refractivity contribution in [3.05, 3.63) is 60.8 Å². The molecule has 0 rings (SSSR count). The average Bonchev–Trinajstić information content (AvgIpc) is 3.44. The molecule has 0 bridgehead atoms. The molecule has 0 saturated heterocycles. The molecule has 0 N–H and O–H groups in total. The van der Waals surface area contributed by atoms with Gasteiger partial charge in [-0.1, -0.05) is 319 Å². The number of hydrogen-bond donors (Lipinski definition) is 0. The van der Waals surface area contributed by atoms with Gasteiger partial charge in [-0.05, 0) is 83.5 Å². The van der Waals surface area contributed by atoms with E-state index in [1.807, 2.05) is 0 Å². The lowest BCUT2D eigenvalue weighted by Crippen LogP contribution is -2.30. The lowest BCUT2D eigenvalue weighted by atomic mass is 10.0. The van der Waals surface area contributed by atoms with E-state index < -0.39 is 6.10 Å². The zero-order valence-corrected chi connectivity index (χ0v) is 52.2. The second-order valence-electron chi connectivity index (χ2n) is 23.1. The van der Waals surface area contributed by atoms with Gasteiger partial charge >= 0.3 is 17.9 Å². The van der Waals surface area contributed by atoms with Crippen LogP contribution in [0, 0.1) is 0 Å². The predicted octanol–water partition coefficient (Wildman–Crippen LogP) is 23.5. The Labute approximate surface area is 485 Å². The van der Waals surface area contributed by atoms with Crippen LogP contribution in [0.1, 0.15) is 361 Å². The standard InChI is InChI=1S/C72H130O6/c1-4-7-10-13-16-19-22-25-28-30-32-33-34-35-36-37-38-39-40-42-44-47-50-53-56-59-62-65-71(74)77-68-69(67-76-70(73)64-61-58-55-52-49-46-43-27-24-21-18-15-12-9-6-3)78-72(75)66-63-60-57-54-51-48-45-41-31-29-26-23-20-17-14-11-8-5-2/h9,12,18,21,27,30,32,43,49,52,69H,4-8,10-11,13-17,19-20,22-26,28-29,31,33-42,44-48,50-51,53-68H2,1-3H3/b12-9-,21-18-,32-30-,43-27-,52-49-. The summed E-state index contributed by atoms with van der Waals surface area (Å²) in [6.07, 6.45) is 85.4. The highest BCUT2D eigenvalue weighted by molar-refractivity contribution is 5.71. The van der Waals surface area contributed by atoms with E-state index in [1.54, 1.807) is 0 Å². The van der Waals surface area contributed by atoms with Crippen LogP contribution in [0.25, 0.3) is 0 Å². The van der Waals surface area contributed by atoms with E-state index in [1.165, 1.54) is 238 Å². The van der Waals surface area contributed by atoms with Gasteiger partial charge in [-0.2, -0.15) is 0 Å². The van der Waals surface area contributed by atoms with E-state index in [4.69, 9.17) is 14.2 Å². The molecule has 0 aliphatic heterocycles. The molecule has 0 aliphatic carbocycles. The number of rotatable bonds is 63. The summed E-state index contributed by atoms with van der Waals surface area (Å²) >= 11 is 0. The van der Waals surface area contributed by atoms with Crippen LogP contribution in [-0.4, -0.2) is 37.2 Å². The van der Waals surface area contributed by atoms with Gasteiger partial charge in [0.2, 0.25) is 0 Å². The summed E-state index contributed by atoms with van der Waals surface area (Å²) in [7, 11) is 0. The molecule has 0 aromatic heterocycles. The van der Waals surface area contributed by atoms with E-state index in [0.29, 0.717) is 19.3 Å². The van der Waals surface area contributed by atoms with Crippen LogP contribution in [0.5, 0.6) is 0 Å². The van der Waals surface area contributed by atoms with Crippen LogP contribution < -0.4 is 0 Å². The van der Waals surface area contributed by atoms with Crippen molar-refractivity contribution in [1.29, 1.82) is 0 Å². The molecule has 1 unspecified atom stereocenters. The molecule has 0 saturated carbocycles. The molecule has 454 valence electrons. The van der Waals surface area contributed by atoms with E-state index in [-0.39, 0.29) is 31.1 Å². The Hall–Kier alpha value is -2.89. The second kappa shape index (κ2) is 66.6. The average molecular weight is 1090 g/mol. The molecule has 0 spiro atoms. The van der Waals surface area contributed by atoms with Crippen molar-refractivity contribution in [3.63, 3.8) is 0 Å². The van der Waals surface area contributed by atoms with Gasteiger partial charge in [0.15, 0.2) is 6.10 Å². The minimum Gasteiger partial charge on any atom is -0.462 e. The van der Waals surface area contributed by atoms with Gasteiger partial charge in [0.05, 0.1) is 0 Å². The topological polar surface area (TPSA) is 78.9 Å². The third-order valence-corrected chi connectivity index (χ3v) is 15.3. The van der Waals surface area contributed by atoms with Gasteiger partial charge in [-0.3, -0.25) is 14.4 Å². The van der Waals surface area contributed by atoms with Gasteiger partial charge in [-0.25, -0.2) is 0 Å². The van der Waals surface area contributed by atoms with Crippen molar-refractivity contribution < 1.29 is 28.6 Å². The first-order valence-electron chi connectivity index (χ1n) is 34.3.